The Hall–Kier alpha value is -3.08. The van der Waals surface area contributed by atoms with Crippen LogP contribution in [-0.2, 0) is 0 Å². The Kier molecular flexibility index (Phi) is 2.89. The van der Waals surface area contributed by atoms with Gasteiger partial charge in [0, 0.05) is 42.1 Å². The molecule has 0 unspecified atom stereocenters. The third-order valence-electron chi connectivity index (χ3n) is 3.49. The van der Waals surface area contributed by atoms with Crippen LogP contribution in [0.4, 0.5) is 4.39 Å². The van der Waals surface area contributed by atoms with Crippen molar-refractivity contribution in [2.75, 3.05) is 0 Å². The Morgan fingerprint density at radius 3 is 2.41 bits per heavy atom. The molecule has 0 aliphatic carbocycles. The summed E-state index contributed by atoms with van der Waals surface area (Å²) in [6, 6.07) is 10.2. The molecular weight excluding hydrogens is 279 g/mol. The van der Waals surface area contributed by atoms with Crippen molar-refractivity contribution in [3.8, 4) is 22.4 Å². The fraction of sp³-hybridized carbons (Fsp3) is 0. The van der Waals surface area contributed by atoms with Gasteiger partial charge in [0.2, 0.25) is 5.78 Å². The molecule has 22 heavy (non-hydrogen) atoms. The molecule has 4 aromatic rings. The number of fused-ring (bicyclic) bond motifs is 1. The van der Waals surface area contributed by atoms with E-state index in [-0.39, 0.29) is 5.82 Å². The van der Waals surface area contributed by atoms with Gasteiger partial charge in [-0.1, -0.05) is 0 Å². The van der Waals surface area contributed by atoms with Crippen LogP contribution in [0.15, 0.2) is 67.4 Å². The maximum Gasteiger partial charge on any atom is 0.234 e. The highest BCUT2D eigenvalue weighted by molar-refractivity contribution is 5.81. The van der Waals surface area contributed by atoms with E-state index in [1.54, 1.807) is 30.7 Å². The van der Waals surface area contributed by atoms with Crippen LogP contribution < -0.4 is 0 Å². The van der Waals surface area contributed by atoms with E-state index >= 15 is 0 Å². The van der Waals surface area contributed by atoms with Gasteiger partial charge in [0.25, 0.3) is 0 Å². The molecule has 3 aromatic heterocycles. The average molecular weight is 290 g/mol. The summed E-state index contributed by atoms with van der Waals surface area (Å²) >= 11 is 0. The van der Waals surface area contributed by atoms with Crippen molar-refractivity contribution in [3.05, 3.63) is 73.2 Å². The van der Waals surface area contributed by atoms with Crippen molar-refractivity contribution < 1.29 is 4.39 Å². The lowest BCUT2D eigenvalue weighted by molar-refractivity contribution is 0.628. The molecule has 0 atom stereocenters. The SMILES string of the molecule is Fc1ccc(-c2nc3nccn3cc2-c2ccncc2)cc1. The van der Waals surface area contributed by atoms with Crippen LogP contribution in [0.25, 0.3) is 28.2 Å². The molecule has 0 N–H and O–H groups in total. The lowest BCUT2D eigenvalue weighted by Crippen LogP contribution is -1.96. The second-order valence-electron chi connectivity index (χ2n) is 4.88. The summed E-state index contributed by atoms with van der Waals surface area (Å²) in [5.41, 5.74) is 3.56. The lowest BCUT2D eigenvalue weighted by atomic mass is 10.0. The maximum atomic E-state index is 13.2. The van der Waals surface area contributed by atoms with Crippen molar-refractivity contribution in [3.63, 3.8) is 0 Å². The summed E-state index contributed by atoms with van der Waals surface area (Å²) in [5.74, 6) is 0.341. The van der Waals surface area contributed by atoms with Crippen molar-refractivity contribution in [2.45, 2.75) is 0 Å². The molecule has 0 saturated carbocycles. The summed E-state index contributed by atoms with van der Waals surface area (Å²) in [7, 11) is 0. The van der Waals surface area contributed by atoms with Crippen molar-refractivity contribution in [2.24, 2.45) is 0 Å². The van der Waals surface area contributed by atoms with Crippen LogP contribution in [0.2, 0.25) is 0 Å². The van der Waals surface area contributed by atoms with Gasteiger partial charge in [-0.2, -0.15) is 0 Å². The van der Waals surface area contributed by atoms with Gasteiger partial charge in [0.1, 0.15) is 5.82 Å². The molecule has 4 nitrogen and oxygen atoms in total. The quantitative estimate of drug-likeness (QED) is 0.566. The topological polar surface area (TPSA) is 43.1 Å². The third-order valence-corrected chi connectivity index (χ3v) is 3.49. The van der Waals surface area contributed by atoms with Crippen LogP contribution in [0.1, 0.15) is 0 Å². The first-order valence-corrected chi connectivity index (χ1v) is 6.81. The average Bonchev–Trinajstić information content (AvgIpc) is 3.03. The van der Waals surface area contributed by atoms with E-state index in [0.29, 0.717) is 5.78 Å². The Labute approximate surface area is 125 Å². The van der Waals surface area contributed by atoms with E-state index < -0.39 is 0 Å². The van der Waals surface area contributed by atoms with Gasteiger partial charge in [0.05, 0.1) is 5.69 Å². The van der Waals surface area contributed by atoms with Gasteiger partial charge in [-0.3, -0.25) is 9.38 Å². The number of aromatic nitrogens is 4. The molecule has 0 saturated heterocycles. The van der Waals surface area contributed by atoms with Gasteiger partial charge in [0.15, 0.2) is 0 Å². The van der Waals surface area contributed by atoms with E-state index in [9.17, 15) is 4.39 Å². The fourth-order valence-corrected chi connectivity index (χ4v) is 2.42. The zero-order valence-corrected chi connectivity index (χ0v) is 11.5. The van der Waals surface area contributed by atoms with Crippen molar-refractivity contribution in [1.29, 1.82) is 0 Å². The molecule has 106 valence electrons. The number of pyridine rings is 1. The summed E-state index contributed by atoms with van der Waals surface area (Å²) in [6.07, 6.45) is 9.00. The second kappa shape index (κ2) is 5.04. The zero-order valence-electron chi connectivity index (χ0n) is 11.5. The number of nitrogens with zero attached hydrogens (tertiary/aromatic N) is 4. The maximum absolute atomic E-state index is 13.2. The Morgan fingerprint density at radius 1 is 0.864 bits per heavy atom. The Balaban J connectivity index is 2.00. The largest absolute Gasteiger partial charge is 0.291 e. The number of imidazole rings is 1. The minimum atomic E-state index is -0.267. The van der Waals surface area contributed by atoms with Crippen molar-refractivity contribution in [1.82, 2.24) is 19.4 Å². The van der Waals surface area contributed by atoms with Gasteiger partial charge < -0.3 is 0 Å². The summed E-state index contributed by atoms with van der Waals surface area (Å²) in [5, 5.41) is 0. The molecule has 5 heteroatoms. The number of rotatable bonds is 2. The lowest BCUT2D eigenvalue weighted by Gasteiger charge is -2.10. The molecule has 1 aromatic carbocycles. The number of hydrogen-bond acceptors (Lipinski definition) is 3. The normalized spacial score (nSPS) is 11.0. The molecular formula is C17H11FN4. The molecule has 0 bridgehead atoms. The van der Waals surface area contributed by atoms with Crippen LogP contribution in [0.5, 0.6) is 0 Å². The monoisotopic (exact) mass is 290 g/mol. The molecule has 0 radical (unpaired) electrons. The van der Waals surface area contributed by atoms with E-state index in [0.717, 1.165) is 22.4 Å². The Morgan fingerprint density at radius 2 is 1.64 bits per heavy atom. The first-order chi connectivity index (χ1) is 10.8. The van der Waals surface area contributed by atoms with E-state index in [2.05, 4.69) is 15.0 Å². The highest BCUT2D eigenvalue weighted by Gasteiger charge is 2.12. The van der Waals surface area contributed by atoms with Gasteiger partial charge in [-0.15, -0.1) is 0 Å². The zero-order chi connectivity index (χ0) is 14.9. The minimum absolute atomic E-state index is 0.267. The van der Waals surface area contributed by atoms with Gasteiger partial charge in [-0.25, -0.2) is 14.4 Å². The molecule has 0 amide bonds. The standard InChI is InChI=1S/C17H11FN4/c18-14-3-1-13(2-4-14)16-15(12-5-7-19-8-6-12)11-22-10-9-20-17(22)21-16/h1-11H. The summed E-state index contributed by atoms with van der Waals surface area (Å²) < 4.78 is 15.0. The number of benzene rings is 1. The van der Waals surface area contributed by atoms with E-state index in [1.807, 2.05) is 28.9 Å². The van der Waals surface area contributed by atoms with E-state index in [1.165, 1.54) is 12.1 Å². The number of halogens is 1. The molecule has 0 aliphatic heterocycles. The van der Waals surface area contributed by atoms with Gasteiger partial charge in [-0.05, 0) is 42.0 Å². The van der Waals surface area contributed by atoms with Crippen LogP contribution >= 0.6 is 0 Å². The molecule has 0 fully saturated rings. The second-order valence-corrected chi connectivity index (χ2v) is 4.88. The summed E-state index contributed by atoms with van der Waals surface area (Å²) in [4.78, 5) is 12.9. The molecule has 3 heterocycles. The molecule has 0 aliphatic rings. The van der Waals surface area contributed by atoms with Crippen LogP contribution in [-0.4, -0.2) is 19.4 Å². The van der Waals surface area contributed by atoms with Gasteiger partial charge >= 0.3 is 0 Å². The third kappa shape index (κ3) is 2.13. The minimum Gasteiger partial charge on any atom is -0.291 e. The Bertz CT molecular complexity index is 930. The first kappa shape index (κ1) is 12.6. The van der Waals surface area contributed by atoms with Crippen LogP contribution in [0, 0.1) is 5.82 Å². The van der Waals surface area contributed by atoms with Crippen LogP contribution in [0.3, 0.4) is 0 Å². The first-order valence-electron chi connectivity index (χ1n) is 6.81. The highest BCUT2D eigenvalue weighted by atomic mass is 19.1. The highest BCUT2D eigenvalue weighted by Crippen LogP contribution is 2.30. The molecule has 0 spiro atoms. The number of hydrogen-bond donors (Lipinski definition) is 0. The fourth-order valence-electron chi connectivity index (χ4n) is 2.42. The van der Waals surface area contributed by atoms with Crippen molar-refractivity contribution >= 4 is 5.78 Å². The molecule has 4 rings (SSSR count). The summed E-state index contributed by atoms with van der Waals surface area (Å²) in [6.45, 7) is 0. The predicted octanol–water partition coefficient (Wildman–Crippen LogP) is 3.60. The smallest absolute Gasteiger partial charge is 0.234 e. The van der Waals surface area contributed by atoms with E-state index in [4.69, 9.17) is 0 Å². The predicted molar refractivity (Wildman–Crippen MR) is 81.6 cm³/mol.